The largest absolute Gasteiger partial charge is 0.330 e. The maximum Gasteiger partial charge on any atom is 0.287 e. The molecule has 4 rings (SSSR count). The monoisotopic (exact) mass is 448 g/mol. The van der Waals surface area contributed by atoms with E-state index in [1.54, 1.807) is 24.4 Å². The molecule has 2 N–H and O–H groups in total. The lowest BCUT2D eigenvalue weighted by molar-refractivity contribution is 0.584. The normalized spacial score (nSPS) is 12.5. The molecule has 0 bridgehead atoms. The van der Waals surface area contributed by atoms with Crippen LogP contribution in [0.25, 0.3) is 15.9 Å². The molecule has 3 aromatic heterocycles. The second-order valence-corrected chi connectivity index (χ2v) is 9.72. The van der Waals surface area contributed by atoms with E-state index in [0.717, 1.165) is 22.3 Å². The second kappa shape index (κ2) is 6.40. The predicted octanol–water partition coefficient (Wildman–Crippen LogP) is 4.05. The van der Waals surface area contributed by atoms with Crippen LogP contribution < -0.4 is 5.73 Å². The van der Waals surface area contributed by atoms with Gasteiger partial charge in [0.2, 0.25) is 5.03 Å². The molecular weight excluding hydrogens is 439 g/mol. The predicted molar refractivity (Wildman–Crippen MR) is 105 cm³/mol. The summed E-state index contributed by atoms with van der Waals surface area (Å²) in [6.45, 7) is 0.378. The number of aromatic nitrogens is 3. The van der Waals surface area contributed by atoms with Gasteiger partial charge in [-0.1, -0.05) is 46.1 Å². The topological polar surface area (TPSA) is 82.4 Å². The molecule has 26 heavy (non-hydrogen) atoms. The Balaban J connectivity index is 2.03. The van der Waals surface area contributed by atoms with Crippen molar-refractivity contribution in [2.24, 2.45) is 5.73 Å². The van der Waals surface area contributed by atoms with Crippen LogP contribution in [0.3, 0.4) is 0 Å². The standard InChI is InChI=1S/C15H11Cl3N4O2S2/c16-9-1-2-11-10(5-9)8(3-4-19)6-22(11)26(23,24)14-13(18)20-15-21(14)7-12(17)25-15/h1-2,5-7H,3-4,19H2. The number of fused-ring (bicyclic) bond motifs is 2. The fourth-order valence-corrected chi connectivity index (χ4v) is 6.17. The number of imidazole rings is 1. The molecule has 0 atom stereocenters. The van der Waals surface area contributed by atoms with Gasteiger partial charge in [0.15, 0.2) is 10.1 Å². The van der Waals surface area contributed by atoms with E-state index in [4.69, 9.17) is 40.5 Å². The lowest BCUT2D eigenvalue weighted by Crippen LogP contribution is -2.14. The average molecular weight is 450 g/mol. The van der Waals surface area contributed by atoms with Crippen LogP contribution in [0.1, 0.15) is 5.56 Å². The summed E-state index contributed by atoms with van der Waals surface area (Å²) in [6.07, 6.45) is 3.54. The molecule has 0 saturated carbocycles. The first-order chi connectivity index (χ1) is 12.3. The van der Waals surface area contributed by atoms with Crippen molar-refractivity contribution in [1.82, 2.24) is 13.4 Å². The first-order valence-electron chi connectivity index (χ1n) is 7.41. The van der Waals surface area contributed by atoms with Crippen LogP contribution in [0.4, 0.5) is 0 Å². The van der Waals surface area contributed by atoms with Gasteiger partial charge >= 0.3 is 0 Å². The lowest BCUT2D eigenvalue weighted by Gasteiger charge is -2.07. The molecule has 0 aliphatic carbocycles. The number of thiazole rings is 1. The van der Waals surface area contributed by atoms with E-state index in [1.807, 2.05) is 0 Å². The molecule has 6 nitrogen and oxygen atoms in total. The third-order valence-corrected chi connectivity index (χ3v) is 7.36. The summed E-state index contributed by atoms with van der Waals surface area (Å²) in [7, 11) is -4.03. The zero-order valence-electron chi connectivity index (χ0n) is 13.0. The number of halogens is 3. The highest BCUT2D eigenvalue weighted by Gasteiger charge is 2.29. The molecule has 0 fully saturated rings. The summed E-state index contributed by atoms with van der Waals surface area (Å²) >= 11 is 19.3. The molecule has 0 spiro atoms. The van der Waals surface area contributed by atoms with E-state index in [-0.39, 0.29) is 10.2 Å². The van der Waals surface area contributed by atoms with E-state index >= 15 is 0 Å². The van der Waals surface area contributed by atoms with E-state index in [0.29, 0.717) is 32.8 Å². The van der Waals surface area contributed by atoms with Gasteiger partial charge in [-0.2, -0.15) is 8.42 Å². The lowest BCUT2D eigenvalue weighted by atomic mass is 10.1. The molecule has 0 aliphatic heterocycles. The van der Waals surface area contributed by atoms with Gasteiger partial charge in [-0.05, 0) is 36.7 Å². The molecule has 0 amide bonds. The molecule has 0 radical (unpaired) electrons. The van der Waals surface area contributed by atoms with Crippen molar-refractivity contribution < 1.29 is 8.42 Å². The molecule has 0 saturated heterocycles. The Morgan fingerprint density at radius 3 is 2.69 bits per heavy atom. The number of benzene rings is 1. The van der Waals surface area contributed by atoms with E-state index in [9.17, 15) is 8.42 Å². The minimum atomic E-state index is -4.03. The number of hydrogen-bond donors (Lipinski definition) is 1. The molecule has 11 heteroatoms. The van der Waals surface area contributed by atoms with Crippen LogP contribution in [-0.4, -0.2) is 28.3 Å². The Labute approximate surface area is 167 Å². The Hall–Kier alpha value is -1.29. The van der Waals surface area contributed by atoms with E-state index < -0.39 is 10.0 Å². The number of hydrogen-bond acceptors (Lipinski definition) is 5. The first kappa shape index (κ1) is 18.1. The summed E-state index contributed by atoms with van der Waals surface area (Å²) in [6, 6.07) is 5.02. The van der Waals surface area contributed by atoms with Crippen molar-refractivity contribution >= 4 is 72.0 Å². The summed E-state index contributed by atoms with van der Waals surface area (Å²) in [5, 5.41) is 1.000. The summed E-state index contributed by atoms with van der Waals surface area (Å²) in [4.78, 5) is 4.49. The second-order valence-electron chi connectivity index (χ2n) is 5.55. The minimum Gasteiger partial charge on any atom is -0.330 e. The average Bonchev–Trinajstić information content (AvgIpc) is 3.17. The molecule has 136 valence electrons. The van der Waals surface area contributed by atoms with Crippen molar-refractivity contribution in [3.05, 3.63) is 50.7 Å². The Kier molecular flexibility index (Phi) is 4.45. The van der Waals surface area contributed by atoms with Crippen LogP contribution >= 0.6 is 46.1 Å². The number of nitrogens with two attached hydrogens (primary N) is 1. The molecule has 0 unspecified atom stereocenters. The highest BCUT2D eigenvalue weighted by atomic mass is 35.5. The maximum absolute atomic E-state index is 13.4. The SMILES string of the molecule is NCCc1cn(S(=O)(=O)c2c(Cl)nc3sc(Cl)cn23)c2ccc(Cl)cc12. The quantitative estimate of drug-likeness (QED) is 0.509. The maximum atomic E-state index is 13.4. The van der Waals surface area contributed by atoms with Crippen molar-refractivity contribution in [2.75, 3.05) is 6.54 Å². The van der Waals surface area contributed by atoms with Crippen LogP contribution in [0.5, 0.6) is 0 Å². The molecule has 0 aliphatic rings. The van der Waals surface area contributed by atoms with Gasteiger partial charge < -0.3 is 5.73 Å². The van der Waals surface area contributed by atoms with E-state index in [1.165, 1.54) is 14.6 Å². The highest BCUT2D eigenvalue weighted by Crippen LogP contribution is 2.34. The van der Waals surface area contributed by atoms with E-state index in [2.05, 4.69) is 4.98 Å². The summed E-state index contributed by atoms with van der Waals surface area (Å²) < 4.78 is 29.7. The Morgan fingerprint density at radius 2 is 1.96 bits per heavy atom. The molecule has 3 heterocycles. The molecule has 4 aromatic rings. The zero-order chi connectivity index (χ0) is 18.6. The van der Waals surface area contributed by atoms with Crippen molar-refractivity contribution in [2.45, 2.75) is 11.4 Å². The molecular formula is C15H11Cl3N4O2S2. The third-order valence-electron chi connectivity index (χ3n) is 3.95. The van der Waals surface area contributed by atoms with Crippen LogP contribution in [0.15, 0.2) is 35.6 Å². The highest BCUT2D eigenvalue weighted by molar-refractivity contribution is 7.90. The number of nitrogens with zero attached hydrogens (tertiary/aromatic N) is 3. The Morgan fingerprint density at radius 1 is 1.19 bits per heavy atom. The third kappa shape index (κ3) is 2.72. The van der Waals surface area contributed by atoms with Gasteiger partial charge in [-0.25, -0.2) is 8.96 Å². The Bertz CT molecular complexity index is 1260. The molecule has 1 aromatic carbocycles. The van der Waals surface area contributed by atoms with Crippen molar-refractivity contribution in [3.8, 4) is 0 Å². The van der Waals surface area contributed by atoms with Gasteiger partial charge in [0.1, 0.15) is 4.34 Å². The van der Waals surface area contributed by atoms with Crippen LogP contribution in [-0.2, 0) is 16.4 Å². The summed E-state index contributed by atoms with van der Waals surface area (Å²) in [5.41, 5.74) is 6.94. The van der Waals surface area contributed by atoms with Crippen LogP contribution in [0.2, 0.25) is 14.5 Å². The first-order valence-corrected chi connectivity index (χ1v) is 10.8. The fourth-order valence-electron chi connectivity index (χ4n) is 2.89. The van der Waals surface area contributed by atoms with Gasteiger partial charge in [0, 0.05) is 22.8 Å². The number of rotatable bonds is 4. The smallest absolute Gasteiger partial charge is 0.287 e. The van der Waals surface area contributed by atoms with Gasteiger partial charge in [-0.3, -0.25) is 4.40 Å². The van der Waals surface area contributed by atoms with Crippen molar-refractivity contribution in [3.63, 3.8) is 0 Å². The van der Waals surface area contributed by atoms with Crippen LogP contribution in [0, 0.1) is 0 Å². The van der Waals surface area contributed by atoms with Gasteiger partial charge in [0.05, 0.1) is 5.52 Å². The van der Waals surface area contributed by atoms with Gasteiger partial charge in [-0.15, -0.1) is 0 Å². The van der Waals surface area contributed by atoms with Crippen molar-refractivity contribution in [1.29, 1.82) is 0 Å². The minimum absolute atomic E-state index is 0.107. The summed E-state index contributed by atoms with van der Waals surface area (Å²) in [5.74, 6) is 0. The van der Waals surface area contributed by atoms with Gasteiger partial charge in [0.25, 0.3) is 10.0 Å². The fraction of sp³-hybridized carbons (Fsp3) is 0.133. The zero-order valence-corrected chi connectivity index (χ0v) is 16.9.